The number of aromatic nitrogens is 2. The SMILES string of the molecule is CNc1snnc1CN1C(=O)CC(C)(C)CC1=O. The summed E-state index contributed by atoms with van der Waals surface area (Å²) >= 11 is 1.22. The highest BCUT2D eigenvalue weighted by atomic mass is 32.1. The van der Waals surface area contributed by atoms with Crippen molar-refractivity contribution in [2.75, 3.05) is 12.4 Å². The third-order valence-corrected chi connectivity index (χ3v) is 3.74. The van der Waals surface area contributed by atoms with E-state index < -0.39 is 0 Å². The second kappa shape index (κ2) is 4.64. The zero-order valence-corrected chi connectivity index (χ0v) is 11.5. The predicted molar refractivity (Wildman–Crippen MR) is 68.0 cm³/mol. The van der Waals surface area contributed by atoms with Gasteiger partial charge in [-0.25, -0.2) is 0 Å². The number of nitrogens with one attached hydrogen (secondary N) is 1. The molecule has 2 heterocycles. The number of hydrogen-bond donors (Lipinski definition) is 1. The van der Waals surface area contributed by atoms with Gasteiger partial charge in [-0.1, -0.05) is 18.3 Å². The Morgan fingerprint density at radius 3 is 2.50 bits per heavy atom. The van der Waals surface area contributed by atoms with Crippen molar-refractivity contribution in [2.24, 2.45) is 5.41 Å². The van der Waals surface area contributed by atoms with E-state index in [4.69, 9.17) is 0 Å². The lowest BCUT2D eigenvalue weighted by Gasteiger charge is -2.34. The number of amides is 2. The summed E-state index contributed by atoms with van der Waals surface area (Å²) in [7, 11) is 1.77. The summed E-state index contributed by atoms with van der Waals surface area (Å²) in [6, 6.07) is 0. The normalized spacial score (nSPS) is 19.2. The van der Waals surface area contributed by atoms with Crippen molar-refractivity contribution in [3.63, 3.8) is 0 Å². The number of likely N-dealkylation sites (tertiary alicyclic amines) is 1. The van der Waals surface area contributed by atoms with E-state index in [0.29, 0.717) is 18.5 Å². The number of hydrogen-bond acceptors (Lipinski definition) is 6. The smallest absolute Gasteiger partial charge is 0.230 e. The van der Waals surface area contributed by atoms with Crippen LogP contribution in [0.3, 0.4) is 0 Å². The highest BCUT2D eigenvalue weighted by Crippen LogP contribution is 2.32. The van der Waals surface area contributed by atoms with Gasteiger partial charge < -0.3 is 5.32 Å². The highest BCUT2D eigenvalue weighted by molar-refractivity contribution is 7.10. The van der Waals surface area contributed by atoms with Gasteiger partial charge >= 0.3 is 0 Å². The van der Waals surface area contributed by atoms with Crippen molar-refractivity contribution in [3.05, 3.63) is 5.69 Å². The van der Waals surface area contributed by atoms with Gasteiger partial charge in [-0.3, -0.25) is 14.5 Å². The van der Waals surface area contributed by atoms with Crippen LogP contribution in [0.5, 0.6) is 0 Å². The number of carbonyl (C=O) groups is 2. The topological polar surface area (TPSA) is 75.2 Å². The Bertz CT molecular complexity index is 463. The molecule has 6 nitrogen and oxygen atoms in total. The zero-order valence-electron chi connectivity index (χ0n) is 10.7. The minimum absolute atomic E-state index is 0.133. The molecule has 2 rings (SSSR count). The molecule has 0 aliphatic carbocycles. The number of nitrogens with zero attached hydrogens (tertiary/aromatic N) is 3. The Labute approximate surface area is 110 Å². The maximum Gasteiger partial charge on any atom is 0.230 e. The van der Waals surface area contributed by atoms with Gasteiger partial charge in [0.2, 0.25) is 11.8 Å². The molecule has 1 aliphatic rings. The van der Waals surface area contributed by atoms with Crippen LogP contribution in [0.15, 0.2) is 0 Å². The highest BCUT2D eigenvalue weighted by Gasteiger charge is 2.37. The standard InChI is InChI=1S/C11H16N4O2S/c1-11(2)4-8(16)15(9(17)5-11)6-7-10(12-3)18-14-13-7/h12H,4-6H2,1-3H3. The van der Waals surface area contributed by atoms with Crippen LogP contribution in [0, 0.1) is 5.41 Å². The summed E-state index contributed by atoms with van der Waals surface area (Å²) in [5.41, 5.74) is 0.403. The van der Waals surface area contributed by atoms with Crippen LogP contribution >= 0.6 is 11.5 Å². The average Bonchev–Trinajstić information content (AvgIpc) is 2.69. The van der Waals surface area contributed by atoms with E-state index in [1.165, 1.54) is 16.4 Å². The molecule has 2 amide bonds. The molecule has 1 aromatic heterocycles. The fourth-order valence-electron chi connectivity index (χ4n) is 2.04. The summed E-state index contributed by atoms with van der Waals surface area (Å²) in [4.78, 5) is 25.3. The lowest BCUT2D eigenvalue weighted by molar-refractivity contribution is -0.153. The van der Waals surface area contributed by atoms with Crippen LogP contribution in [0.4, 0.5) is 5.00 Å². The molecule has 1 aromatic rings. The number of anilines is 1. The van der Waals surface area contributed by atoms with Crippen molar-refractivity contribution in [1.82, 2.24) is 14.5 Å². The van der Waals surface area contributed by atoms with Gasteiger partial charge in [0.1, 0.15) is 10.7 Å². The van der Waals surface area contributed by atoms with Gasteiger partial charge in [0.25, 0.3) is 0 Å². The van der Waals surface area contributed by atoms with E-state index in [1.807, 2.05) is 13.8 Å². The van der Waals surface area contributed by atoms with Crippen molar-refractivity contribution in [3.8, 4) is 0 Å². The number of rotatable bonds is 3. The van der Waals surface area contributed by atoms with Gasteiger partial charge in [-0.05, 0) is 5.41 Å². The number of imide groups is 1. The summed E-state index contributed by atoms with van der Waals surface area (Å²) < 4.78 is 3.82. The predicted octanol–water partition coefficient (Wildman–Crippen LogP) is 1.25. The minimum atomic E-state index is -0.239. The Kier molecular flexibility index (Phi) is 3.34. The molecule has 98 valence electrons. The fourth-order valence-corrected chi connectivity index (χ4v) is 2.56. The van der Waals surface area contributed by atoms with Gasteiger partial charge in [-0.2, -0.15) is 0 Å². The Morgan fingerprint density at radius 1 is 1.33 bits per heavy atom. The van der Waals surface area contributed by atoms with Crippen LogP contribution in [0.1, 0.15) is 32.4 Å². The monoisotopic (exact) mass is 268 g/mol. The van der Waals surface area contributed by atoms with E-state index in [0.717, 1.165) is 5.00 Å². The molecule has 1 saturated heterocycles. The molecule has 0 atom stereocenters. The molecular weight excluding hydrogens is 252 g/mol. The molecule has 0 radical (unpaired) electrons. The number of piperidine rings is 1. The van der Waals surface area contributed by atoms with Crippen molar-refractivity contribution >= 4 is 28.3 Å². The van der Waals surface area contributed by atoms with E-state index in [1.54, 1.807) is 7.05 Å². The Morgan fingerprint density at radius 2 is 1.94 bits per heavy atom. The molecule has 0 unspecified atom stereocenters. The van der Waals surface area contributed by atoms with Gasteiger partial charge in [-0.15, -0.1) is 5.10 Å². The van der Waals surface area contributed by atoms with E-state index in [9.17, 15) is 9.59 Å². The summed E-state index contributed by atoms with van der Waals surface area (Å²) in [6.07, 6.45) is 0.788. The van der Waals surface area contributed by atoms with E-state index in [2.05, 4.69) is 14.9 Å². The first-order valence-electron chi connectivity index (χ1n) is 5.75. The Hall–Kier alpha value is -1.50. The third kappa shape index (κ3) is 2.50. The van der Waals surface area contributed by atoms with Crippen LogP contribution < -0.4 is 5.32 Å². The maximum absolute atomic E-state index is 12.0. The van der Waals surface area contributed by atoms with Crippen molar-refractivity contribution in [2.45, 2.75) is 33.2 Å². The van der Waals surface area contributed by atoms with Gasteiger partial charge in [0, 0.05) is 31.4 Å². The molecule has 0 aromatic carbocycles. The summed E-state index contributed by atoms with van der Waals surface area (Å²) in [6.45, 7) is 4.08. The minimum Gasteiger partial charge on any atom is -0.377 e. The number of carbonyl (C=O) groups excluding carboxylic acids is 2. The zero-order chi connectivity index (χ0) is 13.3. The molecule has 0 spiro atoms. The second-order valence-electron chi connectivity index (χ2n) is 5.19. The molecule has 7 heteroatoms. The van der Waals surface area contributed by atoms with Gasteiger partial charge in [0.15, 0.2) is 0 Å². The molecule has 1 fully saturated rings. The molecule has 0 bridgehead atoms. The second-order valence-corrected chi connectivity index (χ2v) is 5.94. The summed E-state index contributed by atoms with van der Waals surface area (Å²) in [5, 5.41) is 7.69. The third-order valence-electron chi connectivity index (χ3n) is 2.95. The quantitative estimate of drug-likeness (QED) is 0.835. The van der Waals surface area contributed by atoms with Crippen LogP contribution in [0.25, 0.3) is 0 Å². The fraction of sp³-hybridized carbons (Fsp3) is 0.636. The maximum atomic E-state index is 12.0. The van der Waals surface area contributed by atoms with Crippen LogP contribution in [-0.4, -0.2) is 33.3 Å². The van der Waals surface area contributed by atoms with E-state index in [-0.39, 0.29) is 23.8 Å². The largest absolute Gasteiger partial charge is 0.377 e. The average molecular weight is 268 g/mol. The van der Waals surface area contributed by atoms with E-state index >= 15 is 0 Å². The first-order valence-corrected chi connectivity index (χ1v) is 6.52. The van der Waals surface area contributed by atoms with Crippen molar-refractivity contribution < 1.29 is 9.59 Å². The molecular formula is C11H16N4O2S. The van der Waals surface area contributed by atoms with Crippen LogP contribution in [-0.2, 0) is 16.1 Å². The lowest BCUT2D eigenvalue weighted by Crippen LogP contribution is -2.45. The first-order chi connectivity index (χ1) is 8.43. The molecule has 0 saturated carbocycles. The summed E-state index contributed by atoms with van der Waals surface area (Å²) in [5.74, 6) is -0.266. The Balaban J connectivity index is 2.15. The van der Waals surface area contributed by atoms with Crippen LogP contribution in [0.2, 0.25) is 0 Å². The molecule has 18 heavy (non-hydrogen) atoms. The lowest BCUT2D eigenvalue weighted by atomic mass is 9.82. The van der Waals surface area contributed by atoms with Crippen molar-refractivity contribution in [1.29, 1.82) is 0 Å². The molecule has 1 N–H and O–H groups in total. The molecule has 1 aliphatic heterocycles. The first kappa shape index (κ1) is 12.9. The van der Waals surface area contributed by atoms with Gasteiger partial charge in [0.05, 0.1) is 6.54 Å².